The highest BCUT2D eigenvalue weighted by atomic mass is 35.5. The second-order valence-corrected chi connectivity index (χ2v) is 7.67. The first-order valence-electron chi connectivity index (χ1n) is 5.95. The van der Waals surface area contributed by atoms with Crippen LogP contribution in [0.3, 0.4) is 0 Å². The second kappa shape index (κ2) is 6.55. The Bertz CT molecular complexity index is 666. The predicted octanol–water partition coefficient (Wildman–Crippen LogP) is 2.61. The maximum Gasteiger partial charge on any atom is 0.393 e. The van der Waals surface area contributed by atoms with Gasteiger partial charge in [-0.1, -0.05) is 23.4 Å². The van der Waals surface area contributed by atoms with Crippen LogP contribution in [0.4, 0.5) is 18.9 Å². The number of hydrogen-bond acceptors (Lipinski definition) is 6. The van der Waals surface area contributed by atoms with Crippen molar-refractivity contribution in [3.63, 3.8) is 0 Å². The van der Waals surface area contributed by atoms with Crippen LogP contribution in [0.15, 0.2) is 34.2 Å². The van der Waals surface area contributed by atoms with E-state index in [1.165, 1.54) is 23.9 Å². The number of hydrogen-bond donors (Lipinski definition) is 2. The van der Waals surface area contributed by atoms with E-state index in [1.54, 1.807) is 0 Å². The number of rotatable bonds is 5. The molecule has 0 saturated carbocycles. The number of sulfone groups is 1. The summed E-state index contributed by atoms with van der Waals surface area (Å²) in [4.78, 5) is 3.39. The molecule has 0 bridgehead atoms. The quantitative estimate of drug-likeness (QED) is 0.613. The van der Waals surface area contributed by atoms with Crippen molar-refractivity contribution in [3.05, 3.63) is 24.3 Å². The fourth-order valence-electron chi connectivity index (χ4n) is 1.53. The second-order valence-electron chi connectivity index (χ2n) is 4.18. The molecule has 1 aromatic rings. The zero-order valence-electron chi connectivity index (χ0n) is 10.9. The predicted molar refractivity (Wildman–Crippen MR) is 80.8 cm³/mol. The maximum atomic E-state index is 13.3. The van der Waals surface area contributed by atoms with Crippen molar-refractivity contribution in [2.24, 2.45) is 4.99 Å². The third-order valence-corrected chi connectivity index (χ3v) is 5.79. The van der Waals surface area contributed by atoms with E-state index in [-0.39, 0.29) is 0 Å². The molecule has 122 valence electrons. The van der Waals surface area contributed by atoms with E-state index in [1.807, 2.05) is 0 Å². The topological polar surface area (TPSA) is 70.6 Å². The number of aliphatic imine (C=N–C) groups is 1. The summed E-state index contributed by atoms with van der Waals surface area (Å²) >= 11 is 6.12. The van der Waals surface area contributed by atoms with Crippen molar-refractivity contribution in [2.75, 3.05) is 17.7 Å². The van der Waals surface area contributed by atoms with Crippen molar-refractivity contribution in [1.29, 1.82) is 0 Å². The molecule has 0 fully saturated rings. The highest BCUT2D eigenvalue weighted by Gasteiger charge is 2.53. The van der Waals surface area contributed by atoms with Gasteiger partial charge in [0.25, 0.3) is 5.63 Å². The number of halogens is 4. The van der Waals surface area contributed by atoms with Crippen LogP contribution in [0, 0.1) is 0 Å². The molecule has 0 amide bonds. The van der Waals surface area contributed by atoms with E-state index in [2.05, 4.69) is 27.4 Å². The molecule has 1 atom stereocenters. The van der Waals surface area contributed by atoms with E-state index in [0.717, 1.165) is 17.9 Å². The molecule has 1 aliphatic rings. The van der Waals surface area contributed by atoms with E-state index in [0.29, 0.717) is 17.4 Å². The van der Waals surface area contributed by atoms with Gasteiger partial charge >= 0.3 is 5.25 Å². The lowest BCUT2D eigenvalue weighted by Gasteiger charge is -2.17. The molecule has 2 N–H and O–H groups in total. The lowest BCUT2D eigenvalue weighted by Crippen LogP contribution is -2.36. The summed E-state index contributed by atoms with van der Waals surface area (Å²) < 4.78 is 62.6. The van der Waals surface area contributed by atoms with Gasteiger partial charge < -0.3 is 0 Å². The molecule has 2 rings (SSSR count). The normalized spacial score (nSPS) is 17.0. The Morgan fingerprint density at radius 2 is 1.91 bits per heavy atom. The molecular weight excluding hydrogens is 363 g/mol. The summed E-state index contributed by atoms with van der Waals surface area (Å²) in [5.74, 6) is 0.860. The van der Waals surface area contributed by atoms with Crippen LogP contribution in [-0.2, 0) is 9.84 Å². The summed E-state index contributed by atoms with van der Waals surface area (Å²) in [7, 11) is -5.20. The maximum absolute atomic E-state index is 13.3. The number of alkyl halides is 4. The van der Waals surface area contributed by atoms with Gasteiger partial charge in [0.05, 0.1) is 17.1 Å². The van der Waals surface area contributed by atoms with Crippen LogP contribution in [0.25, 0.3) is 0 Å². The number of thioether (sulfide) groups is 1. The number of nitrogens with zero attached hydrogens (tertiary/aromatic N) is 1. The monoisotopic (exact) mass is 373 g/mol. The van der Waals surface area contributed by atoms with Crippen molar-refractivity contribution in [3.8, 4) is 0 Å². The van der Waals surface area contributed by atoms with Gasteiger partial charge in [-0.25, -0.2) is 12.8 Å². The van der Waals surface area contributed by atoms with Gasteiger partial charge in [-0.2, -0.15) is 8.78 Å². The Kier molecular flexibility index (Phi) is 5.13. The minimum absolute atomic E-state index is 0.431. The molecule has 22 heavy (non-hydrogen) atoms. The highest BCUT2D eigenvalue weighted by Crippen LogP contribution is 2.35. The summed E-state index contributed by atoms with van der Waals surface area (Å²) in [6.07, 6.45) is 0. The van der Waals surface area contributed by atoms with Crippen molar-refractivity contribution in [1.82, 2.24) is 5.43 Å². The summed E-state index contributed by atoms with van der Waals surface area (Å²) in [6, 6.07) is 4.40. The van der Waals surface area contributed by atoms with E-state index < -0.39 is 25.6 Å². The lowest BCUT2D eigenvalue weighted by atomic mass is 10.3. The standard InChI is InChI=1S/C11H11ClF3N3O2S2/c12-9(13)11(14,15)22(19,20)8-3-1-7(2-4-8)17-18-10-16-5-6-21-10/h1-4,9,17H,5-6H2,(H,16,18). The van der Waals surface area contributed by atoms with Gasteiger partial charge in [0.1, 0.15) is 0 Å². The van der Waals surface area contributed by atoms with E-state index in [4.69, 9.17) is 0 Å². The Morgan fingerprint density at radius 1 is 1.27 bits per heavy atom. The number of amidine groups is 1. The van der Waals surface area contributed by atoms with Gasteiger partial charge in [-0.3, -0.25) is 15.8 Å². The molecule has 0 radical (unpaired) electrons. The fraction of sp³-hybridized carbons (Fsp3) is 0.364. The van der Waals surface area contributed by atoms with Crippen LogP contribution in [0.5, 0.6) is 0 Å². The Morgan fingerprint density at radius 3 is 2.41 bits per heavy atom. The van der Waals surface area contributed by atoms with Crippen LogP contribution in [0.2, 0.25) is 0 Å². The summed E-state index contributed by atoms with van der Waals surface area (Å²) in [5, 5.41) is -4.03. The third-order valence-electron chi connectivity index (χ3n) is 2.68. The zero-order valence-corrected chi connectivity index (χ0v) is 13.3. The minimum Gasteiger partial charge on any atom is -0.299 e. The van der Waals surface area contributed by atoms with Crippen molar-refractivity contribution < 1.29 is 21.6 Å². The fourth-order valence-corrected chi connectivity index (χ4v) is 3.60. The average molecular weight is 374 g/mol. The van der Waals surface area contributed by atoms with Gasteiger partial charge in [-0.15, -0.1) is 0 Å². The highest BCUT2D eigenvalue weighted by molar-refractivity contribution is 8.14. The van der Waals surface area contributed by atoms with E-state index >= 15 is 0 Å². The Labute approximate surface area is 134 Å². The van der Waals surface area contributed by atoms with Crippen molar-refractivity contribution in [2.45, 2.75) is 15.8 Å². The first kappa shape index (κ1) is 17.2. The molecule has 1 aliphatic heterocycles. The third kappa shape index (κ3) is 3.44. The molecule has 0 aliphatic carbocycles. The van der Waals surface area contributed by atoms with Crippen LogP contribution >= 0.6 is 23.4 Å². The van der Waals surface area contributed by atoms with Crippen LogP contribution in [0.1, 0.15) is 0 Å². The molecule has 0 spiro atoms. The van der Waals surface area contributed by atoms with Crippen molar-refractivity contribution >= 4 is 44.1 Å². The van der Waals surface area contributed by atoms with Gasteiger partial charge in [-0.05, 0) is 24.3 Å². The first-order chi connectivity index (χ1) is 10.2. The Balaban J connectivity index is 2.11. The SMILES string of the molecule is O=S(=O)(c1ccc(NNC2=NCCS2)cc1)C(F)(F)C(F)Cl. The van der Waals surface area contributed by atoms with Crippen LogP contribution in [-0.4, -0.2) is 36.8 Å². The van der Waals surface area contributed by atoms with Gasteiger partial charge in [0.2, 0.25) is 9.84 Å². The Hall–Kier alpha value is -1.13. The number of hydrazine groups is 1. The van der Waals surface area contributed by atoms with E-state index in [9.17, 15) is 21.6 Å². The largest absolute Gasteiger partial charge is 0.393 e. The summed E-state index contributed by atoms with van der Waals surface area (Å²) in [5.41, 5.74) is 2.64. The molecule has 1 unspecified atom stereocenters. The lowest BCUT2D eigenvalue weighted by molar-refractivity contribution is 0.0423. The molecule has 0 saturated heterocycles. The first-order valence-corrected chi connectivity index (χ1v) is 8.85. The average Bonchev–Trinajstić information content (AvgIpc) is 2.98. The minimum atomic E-state index is -5.20. The van der Waals surface area contributed by atoms with Crippen LogP contribution < -0.4 is 10.9 Å². The zero-order chi connectivity index (χ0) is 16.4. The molecule has 1 heterocycles. The van der Waals surface area contributed by atoms with Gasteiger partial charge in [0, 0.05) is 5.75 Å². The molecular formula is C11H11ClF3N3O2S2. The number of benzene rings is 1. The summed E-state index contributed by atoms with van der Waals surface area (Å²) in [6.45, 7) is 0.698. The molecule has 1 aromatic carbocycles. The van der Waals surface area contributed by atoms with Gasteiger partial charge in [0.15, 0.2) is 5.17 Å². The number of anilines is 1. The molecule has 0 aromatic heterocycles. The smallest absolute Gasteiger partial charge is 0.299 e. The number of nitrogens with one attached hydrogen (secondary N) is 2. The molecule has 11 heteroatoms. The molecule has 5 nitrogen and oxygen atoms in total.